The molecule has 2 aromatic heterocycles. The second-order valence-corrected chi connectivity index (χ2v) is 7.91. The van der Waals surface area contributed by atoms with Gasteiger partial charge in [-0.1, -0.05) is 30.0 Å². The summed E-state index contributed by atoms with van der Waals surface area (Å²) < 4.78 is 5.35. The number of H-pyrrole nitrogens is 1. The van der Waals surface area contributed by atoms with Crippen molar-refractivity contribution in [1.29, 1.82) is 0 Å². The number of nitrogens with zero attached hydrogens (tertiary/aromatic N) is 1. The van der Waals surface area contributed by atoms with Crippen molar-refractivity contribution in [2.75, 3.05) is 0 Å². The normalized spacial score (nSPS) is 12.6. The first-order valence-electron chi connectivity index (χ1n) is 8.04. The SMILES string of the molecule is Cc1sc2nc([C@H](C)OC(=O)/C=C/Sc3ccccc3)[nH]c(=O)c2c1C. The molecule has 1 aromatic carbocycles. The van der Waals surface area contributed by atoms with Crippen molar-refractivity contribution in [3.8, 4) is 0 Å². The molecule has 26 heavy (non-hydrogen) atoms. The molecule has 0 spiro atoms. The molecular weight excluding hydrogens is 368 g/mol. The average molecular weight is 386 g/mol. The number of hydrogen-bond donors (Lipinski definition) is 1. The molecule has 0 fully saturated rings. The van der Waals surface area contributed by atoms with Gasteiger partial charge in [0.2, 0.25) is 0 Å². The minimum atomic E-state index is -0.645. The van der Waals surface area contributed by atoms with E-state index in [2.05, 4.69) is 9.97 Å². The minimum absolute atomic E-state index is 0.204. The van der Waals surface area contributed by atoms with Crippen LogP contribution >= 0.6 is 23.1 Å². The van der Waals surface area contributed by atoms with E-state index in [4.69, 9.17) is 4.74 Å². The summed E-state index contributed by atoms with van der Waals surface area (Å²) in [6.45, 7) is 5.55. The van der Waals surface area contributed by atoms with E-state index < -0.39 is 12.1 Å². The van der Waals surface area contributed by atoms with Gasteiger partial charge in [0, 0.05) is 15.8 Å². The van der Waals surface area contributed by atoms with Crippen molar-refractivity contribution in [1.82, 2.24) is 9.97 Å². The molecule has 0 saturated carbocycles. The van der Waals surface area contributed by atoms with Gasteiger partial charge in [-0.3, -0.25) is 4.79 Å². The highest BCUT2D eigenvalue weighted by molar-refractivity contribution is 8.02. The van der Waals surface area contributed by atoms with Crippen molar-refractivity contribution < 1.29 is 9.53 Å². The van der Waals surface area contributed by atoms with Crippen LogP contribution in [0.2, 0.25) is 0 Å². The smallest absolute Gasteiger partial charge is 0.331 e. The summed E-state index contributed by atoms with van der Waals surface area (Å²) in [6.07, 6.45) is 0.721. The highest BCUT2D eigenvalue weighted by Gasteiger charge is 2.17. The lowest BCUT2D eigenvalue weighted by Gasteiger charge is -2.10. The van der Waals surface area contributed by atoms with Crippen LogP contribution in [0.25, 0.3) is 10.2 Å². The Morgan fingerprint density at radius 2 is 2.04 bits per heavy atom. The van der Waals surface area contributed by atoms with Crippen LogP contribution < -0.4 is 5.56 Å². The number of nitrogens with one attached hydrogen (secondary N) is 1. The summed E-state index contributed by atoms with van der Waals surface area (Å²) in [7, 11) is 0. The molecule has 5 nitrogen and oxygen atoms in total. The van der Waals surface area contributed by atoms with Gasteiger partial charge in [-0.25, -0.2) is 9.78 Å². The van der Waals surface area contributed by atoms with Gasteiger partial charge >= 0.3 is 5.97 Å². The predicted molar refractivity (Wildman–Crippen MR) is 106 cm³/mol. The molecule has 1 atom stereocenters. The van der Waals surface area contributed by atoms with Crippen LogP contribution in [-0.4, -0.2) is 15.9 Å². The maximum absolute atomic E-state index is 12.3. The van der Waals surface area contributed by atoms with Crippen molar-refractivity contribution >= 4 is 39.3 Å². The zero-order valence-electron chi connectivity index (χ0n) is 14.6. The fourth-order valence-corrected chi connectivity index (χ4v) is 4.09. The third-order valence-electron chi connectivity index (χ3n) is 3.89. The van der Waals surface area contributed by atoms with E-state index in [9.17, 15) is 9.59 Å². The Hall–Kier alpha value is -2.38. The number of aromatic nitrogens is 2. The summed E-state index contributed by atoms with van der Waals surface area (Å²) in [5, 5.41) is 2.28. The molecule has 0 aliphatic rings. The van der Waals surface area contributed by atoms with Crippen molar-refractivity contribution in [2.24, 2.45) is 0 Å². The van der Waals surface area contributed by atoms with Crippen LogP contribution in [0, 0.1) is 13.8 Å². The third-order valence-corrected chi connectivity index (χ3v) is 5.80. The number of thiophene rings is 1. The topological polar surface area (TPSA) is 72.0 Å². The van der Waals surface area contributed by atoms with E-state index in [-0.39, 0.29) is 5.56 Å². The van der Waals surface area contributed by atoms with Crippen LogP contribution in [0.3, 0.4) is 0 Å². The molecule has 1 N–H and O–H groups in total. The van der Waals surface area contributed by atoms with E-state index in [1.54, 1.807) is 12.3 Å². The van der Waals surface area contributed by atoms with Gasteiger partial charge in [0.05, 0.1) is 5.39 Å². The Balaban J connectivity index is 1.69. The molecule has 2 heterocycles. The fraction of sp³-hybridized carbons (Fsp3) is 0.211. The average Bonchev–Trinajstić information content (AvgIpc) is 2.90. The predicted octanol–water partition coefficient (Wildman–Crippen LogP) is 4.51. The van der Waals surface area contributed by atoms with E-state index in [1.165, 1.54) is 29.2 Å². The van der Waals surface area contributed by atoms with Gasteiger partial charge in [0.1, 0.15) is 4.83 Å². The largest absolute Gasteiger partial charge is 0.451 e. The van der Waals surface area contributed by atoms with Crippen molar-refractivity contribution in [3.05, 3.63) is 68.4 Å². The van der Waals surface area contributed by atoms with Gasteiger partial charge in [-0.15, -0.1) is 11.3 Å². The molecule has 0 aliphatic heterocycles. The number of carbonyl (C=O) groups excluding carboxylic acids is 1. The van der Waals surface area contributed by atoms with Crippen LogP contribution in [-0.2, 0) is 9.53 Å². The van der Waals surface area contributed by atoms with Gasteiger partial charge in [0.25, 0.3) is 5.56 Å². The number of benzene rings is 1. The lowest BCUT2D eigenvalue weighted by atomic mass is 10.2. The first kappa shape index (κ1) is 18.4. The van der Waals surface area contributed by atoms with Crippen LogP contribution in [0.5, 0.6) is 0 Å². The second kappa shape index (κ2) is 7.88. The second-order valence-electron chi connectivity index (χ2n) is 5.73. The first-order chi connectivity index (χ1) is 12.5. The quantitative estimate of drug-likeness (QED) is 0.397. The van der Waals surface area contributed by atoms with Gasteiger partial charge < -0.3 is 9.72 Å². The highest BCUT2D eigenvalue weighted by Crippen LogP contribution is 2.27. The number of aryl methyl sites for hydroxylation is 2. The molecule has 0 bridgehead atoms. The van der Waals surface area contributed by atoms with Crippen LogP contribution in [0.1, 0.15) is 29.3 Å². The number of fused-ring (bicyclic) bond motifs is 1. The maximum atomic E-state index is 12.3. The highest BCUT2D eigenvalue weighted by atomic mass is 32.2. The number of hydrogen-bond acceptors (Lipinski definition) is 6. The molecule has 134 valence electrons. The van der Waals surface area contributed by atoms with Crippen LogP contribution in [0.4, 0.5) is 0 Å². The Morgan fingerprint density at radius 1 is 1.31 bits per heavy atom. The standard InChI is InChI=1S/C19H18N2O3S2/c1-11-13(3)26-19-16(11)18(23)20-17(21-19)12(2)24-15(22)9-10-25-14-7-5-4-6-8-14/h4-10,12H,1-3H3,(H,20,21,23)/b10-9+/t12-/m0/s1. The molecule has 7 heteroatoms. The zero-order chi connectivity index (χ0) is 18.7. The molecule has 0 unspecified atom stereocenters. The summed E-state index contributed by atoms with van der Waals surface area (Å²) in [4.78, 5) is 34.2. The number of rotatable bonds is 5. The van der Waals surface area contributed by atoms with Crippen LogP contribution in [0.15, 0.2) is 51.5 Å². The van der Waals surface area contributed by atoms with Crippen molar-refractivity contribution in [2.45, 2.75) is 31.8 Å². The summed E-state index contributed by atoms with van der Waals surface area (Å²) in [5.74, 6) is -0.136. The molecule has 0 saturated heterocycles. The number of carbonyl (C=O) groups is 1. The lowest BCUT2D eigenvalue weighted by molar-refractivity contribution is -0.142. The van der Waals surface area contributed by atoms with E-state index >= 15 is 0 Å². The monoisotopic (exact) mass is 386 g/mol. The maximum Gasteiger partial charge on any atom is 0.331 e. The number of aromatic amines is 1. The molecule has 0 radical (unpaired) electrons. The van der Waals surface area contributed by atoms with E-state index in [0.29, 0.717) is 16.0 Å². The fourth-order valence-electron chi connectivity index (χ4n) is 2.40. The van der Waals surface area contributed by atoms with E-state index in [0.717, 1.165) is 15.3 Å². The van der Waals surface area contributed by atoms with Gasteiger partial charge in [-0.05, 0) is 43.9 Å². The molecule has 3 rings (SSSR count). The minimum Gasteiger partial charge on any atom is -0.451 e. The summed E-state index contributed by atoms with van der Waals surface area (Å²) in [5.41, 5.74) is 0.737. The molecule has 3 aromatic rings. The van der Waals surface area contributed by atoms with Gasteiger partial charge in [-0.2, -0.15) is 0 Å². The summed E-state index contributed by atoms with van der Waals surface area (Å²) in [6, 6.07) is 9.71. The summed E-state index contributed by atoms with van der Waals surface area (Å²) >= 11 is 2.89. The number of esters is 1. The first-order valence-corrected chi connectivity index (χ1v) is 9.74. The Kier molecular flexibility index (Phi) is 5.58. The van der Waals surface area contributed by atoms with Crippen molar-refractivity contribution in [3.63, 3.8) is 0 Å². The number of ether oxygens (including phenoxy) is 1. The van der Waals surface area contributed by atoms with Gasteiger partial charge in [0.15, 0.2) is 11.9 Å². The Morgan fingerprint density at radius 3 is 2.77 bits per heavy atom. The molecule has 0 aliphatic carbocycles. The van der Waals surface area contributed by atoms with E-state index in [1.807, 2.05) is 44.2 Å². The zero-order valence-corrected chi connectivity index (χ0v) is 16.2. The number of thioether (sulfide) groups is 1. The molecular formula is C19H18N2O3S2. The Labute approximate surface area is 159 Å². The Bertz CT molecular complexity index is 1020. The lowest BCUT2D eigenvalue weighted by Crippen LogP contribution is -2.16. The third kappa shape index (κ3) is 4.05. The molecule has 0 amide bonds.